The Bertz CT molecular complexity index is 593. The summed E-state index contributed by atoms with van der Waals surface area (Å²) >= 11 is 8.05. The Balaban J connectivity index is 1.63. The highest BCUT2D eigenvalue weighted by Gasteiger charge is 2.31. The lowest BCUT2D eigenvalue weighted by Gasteiger charge is -2.37. The number of anilines is 1. The van der Waals surface area contributed by atoms with E-state index >= 15 is 0 Å². The Hall–Kier alpha value is -1.12. The summed E-state index contributed by atoms with van der Waals surface area (Å²) < 4.78 is 0. The molecule has 0 heterocycles. The zero-order valence-corrected chi connectivity index (χ0v) is 13.0. The Labute approximate surface area is 129 Å². The maximum absolute atomic E-state index is 6.26. The largest absolute Gasteiger partial charge is 0.381 e. The predicted molar refractivity (Wildman–Crippen MR) is 89.1 cm³/mol. The average molecular weight is 304 g/mol. The molecule has 3 rings (SSSR count). The molecule has 0 aliphatic heterocycles. The normalized spacial score (nSPS) is 21.3. The van der Waals surface area contributed by atoms with Crippen LogP contribution in [0, 0.1) is 0 Å². The summed E-state index contributed by atoms with van der Waals surface area (Å²) in [5.41, 5.74) is 2.55. The van der Waals surface area contributed by atoms with E-state index in [2.05, 4.69) is 48.0 Å². The second-order valence-corrected chi connectivity index (χ2v) is 6.49. The van der Waals surface area contributed by atoms with E-state index in [-0.39, 0.29) is 0 Å². The number of hydrogen-bond donors (Lipinski definition) is 1. The minimum absolute atomic E-state index is 0.560. The number of para-hydroxylation sites is 1. The first kappa shape index (κ1) is 13.8. The first-order valence-electron chi connectivity index (χ1n) is 6.92. The molecule has 0 bridgehead atoms. The number of halogens is 1. The van der Waals surface area contributed by atoms with E-state index < -0.39 is 0 Å². The van der Waals surface area contributed by atoms with Gasteiger partial charge in [0.25, 0.3) is 0 Å². The Morgan fingerprint density at radius 1 is 1.05 bits per heavy atom. The summed E-state index contributed by atoms with van der Waals surface area (Å²) in [4.78, 5) is 1.31. The Morgan fingerprint density at radius 3 is 2.50 bits per heavy atom. The van der Waals surface area contributed by atoms with Crippen LogP contribution in [-0.2, 0) is 0 Å². The van der Waals surface area contributed by atoms with Crippen molar-refractivity contribution < 1.29 is 0 Å². The summed E-state index contributed by atoms with van der Waals surface area (Å²) in [5, 5.41) is 4.56. The van der Waals surface area contributed by atoms with Gasteiger partial charge in [0.1, 0.15) is 0 Å². The molecule has 1 N–H and O–H groups in total. The molecule has 0 unspecified atom stereocenters. The van der Waals surface area contributed by atoms with Crippen molar-refractivity contribution in [2.75, 3.05) is 11.6 Å². The fourth-order valence-electron chi connectivity index (χ4n) is 2.78. The lowest BCUT2D eigenvalue weighted by Crippen LogP contribution is -2.34. The monoisotopic (exact) mass is 303 g/mol. The number of hydrogen-bond acceptors (Lipinski definition) is 2. The van der Waals surface area contributed by atoms with Gasteiger partial charge in [-0.05, 0) is 48.8 Å². The summed E-state index contributed by atoms with van der Waals surface area (Å²) in [6.07, 6.45) is 4.44. The van der Waals surface area contributed by atoms with Gasteiger partial charge in [0.15, 0.2) is 0 Å². The Morgan fingerprint density at radius 2 is 1.75 bits per heavy atom. The van der Waals surface area contributed by atoms with Gasteiger partial charge in [-0.15, -0.1) is 11.8 Å². The summed E-state index contributed by atoms with van der Waals surface area (Å²) in [7, 11) is 0. The van der Waals surface area contributed by atoms with E-state index in [4.69, 9.17) is 11.6 Å². The highest BCUT2D eigenvalue weighted by Crippen LogP contribution is 2.41. The standard InChI is InChI=1S/C17H18ClNS/c1-20-17-9-5-4-8-16(17)19-13-10-12(11-13)14-6-2-3-7-15(14)18/h2-9,12-13,19H,10-11H2,1H3. The van der Waals surface area contributed by atoms with Crippen LogP contribution in [-0.4, -0.2) is 12.3 Å². The molecule has 2 aromatic rings. The van der Waals surface area contributed by atoms with Gasteiger partial charge in [0.05, 0.1) is 0 Å². The molecule has 0 amide bonds. The van der Waals surface area contributed by atoms with E-state index in [0.717, 1.165) is 17.9 Å². The van der Waals surface area contributed by atoms with Gasteiger partial charge in [0, 0.05) is 21.6 Å². The van der Waals surface area contributed by atoms with Crippen molar-refractivity contribution in [3.05, 3.63) is 59.1 Å². The number of rotatable bonds is 4. The Kier molecular flexibility index (Phi) is 4.23. The molecular weight excluding hydrogens is 286 g/mol. The van der Waals surface area contributed by atoms with Gasteiger partial charge in [0.2, 0.25) is 0 Å². The van der Waals surface area contributed by atoms with Crippen LogP contribution in [0.5, 0.6) is 0 Å². The molecule has 20 heavy (non-hydrogen) atoms. The average Bonchev–Trinajstić information content (AvgIpc) is 2.44. The molecule has 1 fully saturated rings. The third-order valence-corrected chi connectivity index (χ3v) is 5.09. The molecule has 1 saturated carbocycles. The molecule has 0 aromatic heterocycles. The van der Waals surface area contributed by atoms with E-state index in [9.17, 15) is 0 Å². The van der Waals surface area contributed by atoms with Gasteiger partial charge in [-0.2, -0.15) is 0 Å². The molecule has 1 aliphatic rings. The van der Waals surface area contributed by atoms with Gasteiger partial charge in [-0.25, -0.2) is 0 Å². The van der Waals surface area contributed by atoms with Crippen molar-refractivity contribution in [3.63, 3.8) is 0 Å². The maximum Gasteiger partial charge on any atom is 0.0480 e. The fraction of sp³-hybridized carbons (Fsp3) is 0.294. The molecule has 0 radical (unpaired) electrons. The maximum atomic E-state index is 6.26. The lowest BCUT2D eigenvalue weighted by atomic mass is 9.76. The van der Waals surface area contributed by atoms with Gasteiger partial charge < -0.3 is 5.32 Å². The summed E-state index contributed by atoms with van der Waals surface area (Å²) in [6, 6.07) is 17.3. The molecule has 104 valence electrons. The molecule has 1 nitrogen and oxygen atoms in total. The smallest absolute Gasteiger partial charge is 0.0480 e. The molecule has 0 atom stereocenters. The van der Waals surface area contributed by atoms with Crippen molar-refractivity contribution in [3.8, 4) is 0 Å². The van der Waals surface area contributed by atoms with Crippen LogP contribution >= 0.6 is 23.4 Å². The number of thioether (sulfide) groups is 1. The lowest BCUT2D eigenvalue weighted by molar-refractivity contribution is 0.374. The van der Waals surface area contributed by atoms with Crippen LogP contribution in [0.2, 0.25) is 5.02 Å². The highest BCUT2D eigenvalue weighted by molar-refractivity contribution is 7.98. The SMILES string of the molecule is CSc1ccccc1NC1CC(c2ccccc2Cl)C1. The van der Waals surface area contributed by atoms with Crippen molar-refractivity contribution in [1.82, 2.24) is 0 Å². The number of benzene rings is 2. The van der Waals surface area contributed by atoms with Crippen LogP contribution in [0.3, 0.4) is 0 Å². The van der Waals surface area contributed by atoms with Crippen LogP contribution in [0.25, 0.3) is 0 Å². The van der Waals surface area contributed by atoms with Crippen molar-refractivity contribution in [2.24, 2.45) is 0 Å². The zero-order chi connectivity index (χ0) is 13.9. The van der Waals surface area contributed by atoms with Crippen LogP contribution in [0.15, 0.2) is 53.4 Å². The molecule has 1 aliphatic carbocycles. The van der Waals surface area contributed by atoms with Crippen LogP contribution < -0.4 is 5.32 Å². The van der Waals surface area contributed by atoms with Gasteiger partial charge >= 0.3 is 0 Å². The molecule has 2 aromatic carbocycles. The third kappa shape index (κ3) is 2.82. The molecular formula is C17H18ClNS. The second kappa shape index (κ2) is 6.11. The molecule has 0 saturated heterocycles. The van der Waals surface area contributed by atoms with E-state index in [1.807, 2.05) is 12.1 Å². The van der Waals surface area contributed by atoms with Crippen LogP contribution in [0.4, 0.5) is 5.69 Å². The third-order valence-electron chi connectivity index (χ3n) is 3.95. The van der Waals surface area contributed by atoms with Crippen molar-refractivity contribution >= 4 is 29.1 Å². The van der Waals surface area contributed by atoms with Crippen molar-refractivity contribution in [2.45, 2.75) is 29.7 Å². The predicted octanol–water partition coefficient (Wildman–Crippen LogP) is 5.42. The van der Waals surface area contributed by atoms with Gasteiger partial charge in [-0.3, -0.25) is 0 Å². The second-order valence-electron chi connectivity index (χ2n) is 5.23. The van der Waals surface area contributed by atoms with E-state index in [0.29, 0.717) is 12.0 Å². The highest BCUT2D eigenvalue weighted by atomic mass is 35.5. The van der Waals surface area contributed by atoms with Crippen LogP contribution in [0.1, 0.15) is 24.3 Å². The minimum atomic E-state index is 0.560. The quantitative estimate of drug-likeness (QED) is 0.757. The van der Waals surface area contributed by atoms with Gasteiger partial charge in [-0.1, -0.05) is 41.9 Å². The van der Waals surface area contributed by atoms with E-state index in [1.54, 1.807) is 11.8 Å². The van der Waals surface area contributed by atoms with Crippen molar-refractivity contribution in [1.29, 1.82) is 0 Å². The summed E-state index contributed by atoms with van der Waals surface area (Å²) in [6.45, 7) is 0. The first-order valence-corrected chi connectivity index (χ1v) is 8.52. The fourth-order valence-corrected chi connectivity index (χ4v) is 3.63. The molecule has 0 spiro atoms. The molecule has 3 heteroatoms. The topological polar surface area (TPSA) is 12.0 Å². The zero-order valence-electron chi connectivity index (χ0n) is 11.5. The first-order chi connectivity index (χ1) is 9.78. The number of nitrogens with one attached hydrogen (secondary N) is 1. The minimum Gasteiger partial charge on any atom is -0.381 e. The summed E-state index contributed by atoms with van der Waals surface area (Å²) in [5.74, 6) is 0.600. The van der Waals surface area contributed by atoms with E-state index in [1.165, 1.54) is 16.1 Å².